The van der Waals surface area contributed by atoms with Crippen LogP contribution in [0, 0.1) is 0 Å². The molecule has 0 aromatic heterocycles. The second-order valence-corrected chi connectivity index (χ2v) is 5.00. The molecule has 0 spiro atoms. The van der Waals surface area contributed by atoms with Crippen LogP contribution in [-0.2, 0) is 30.3 Å². The van der Waals surface area contributed by atoms with E-state index in [0.717, 1.165) is 5.56 Å². The molecule has 7 nitrogen and oxygen atoms in total. The maximum atomic E-state index is 11.9. The predicted molar refractivity (Wildman–Crippen MR) is 87.2 cm³/mol. The average Bonchev–Trinajstić information content (AvgIpc) is 2.61. The summed E-state index contributed by atoms with van der Waals surface area (Å²) in [6.07, 6.45) is 0.00547. The number of hydrogen-bond donors (Lipinski definition) is 1. The largest absolute Gasteiger partial charge is 0.469 e. The highest BCUT2D eigenvalue weighted by Crippen LogP contribution is 2.04. The summed E-state index contributed by atoms with van der Waals surface area (Å²) in [6.45, 7) is 2.93. The molecular formula is C17H25NO6. The predicted octanol–water partition coefficient (Wildman–Crippen LogP) is 2.25. The first-order valence-electron chi connectivity index (χ1n) is 7.85. The number of methoxy groups -OCH3 is 1. The second kappa shape index (κ2) is 12.3. The summed E-state index contributed by atoms with van der Waals surface area (Å²) in [5, 5.41) is 2.69. The highest BCUT2D eigenvalue weighted by atomic mass is 16.7. The number of amides is 1. The SMILES string of the molecule is CCOCOC[C@H](CCC(=O)OC)NC(=O)OCc1ccccc1. The van der Waals surface area contributed by atoms with Gasteiger partial charge in [0.15, 0.2) is 0 Å². The van der Waals surface area contributed by atoms with E-state index < -0.39 is 6.09 Å². The van der Waals surface area contributed by atoms with E-state index in [4.69, 9.17) is 14.2 Å². The molecule has 0 aliphatic rings. The molecule has 1 atom stereocenters. The molecule has 0 aliphatic heterocycles. The van der Waals surface area contributed by atoms with Crippen LogP contribution in [0.3, 0.4) is 0 Å². The average molecular weight is 339 g/mol. The number of hydrogen-bond acceptors (Lipinski definition) is 6. The Hall–Kier alpha value is -2.12. The lowest BCUT2D eigenvalue weighted by Gasteiger charge is -2.18. The van der Waals surface area contributed by atoms with Gasteiger partial charge in [0, 0.05) is 13.0 Å². The number of rotatable bonds is 11. The maximum absolute atomic E-state index is 11.9. The molecule has 0 fully saturated rings. The lowest BCUT2D eigenvalue weighted by Crippen LogP contribution is -2.39. The molecule has 0 heterocycles. The van der Waals surface area contributed by atoms with Gasteiger partial charge in [-0.2, -0.15) is 0 Å². The first-order chi connectivity index (χ1) is 11.7. The first kappa shape index (κ1) is 19.9. The molecule has 1 N–H and O–H groups in total. The molecule has 24 heavy (non-hydrogen) atoms. The summed E-state index contributed by atoms with van der Waals surface area (Å²) in [6, 6.07) is 9.00. The van der Waals surface area contributed by atoms with Gasteiger partial charge in [0.25, 0.3) is 0 Å². The molecule has 1 rings (SSSR count). The standard InChI is InChI=1S/C17H25NO6/c1-3-22-13-23-12-15(9-10-16(19)21-2)18-17(20)24-11-14-7-5-4-6-8-14/h4-8,15H,3,9-13H2,1-2H3,(H,18,20)/t15-/m0/s1. The zero-order valence-corrected chi connectivity index (χ0v) is 14.2. The van der Waals surface area contributed by atoms with Crippen molar-refractivity contribution in [2.75, 3.05) is 27.1 Å². The topological polar surface area (TPSA) is 83.1 Å². The van der Waals surface area contributed by atoms with Crippen molar-refractivity contribution in [1.82, 2.24) is 5.32 Å². The van der Waals surface area contributed by atoms with Crippen LogP contribution in [0.15, 0.2) is 30.3 Å². The van der Waals surface area contributed by atoms with Crippen molar-refractivity contribution in [2.24, 2.45) is 0 Å². The summed E-state index contributed by atoms with van der Waals surface area (Å²) in [4.78, 5) is 23.2. The molecule has 0 saturated carbocycles. The Balaban J connectivity index is 2.39. The van der Waals surface area contributed by atoms with Gasteiger partial charge < -0.3 is 24.3 Å². The minimum atomic E-state index is -0.561. The molecule has 0 radical (unpaired) electrons. The normalized spacial score (nSPS) is 11.6. The van der Waals surface area contributed by atoms with Crippen molar-refractivity contribution < 1.29 is 28.5 Å². The number of carbonyl (C=O) groups excluding carboxylic acids is 2. The van der Waals surface area contributed by atoms with Crippen molar-refractivity contribution >= 4 is 12.1 Å². The van der Waals surface area contributed by atoms with E-state index in [1.54, 1.807) is 0 Å². The summed E-state index contributed by atoms with van der Waals surface area (Å²) < 4.78 is 20.2. The van der Waals surface area contributed by atoms with Gasteiger partial charge in [-0.25, -0.2) is 4.79 Å². The minimum Gasteiger partial charge on any atom is -0.469 e. The molecule has 134 valence electrons. The number of esters is 1. The van der Waals surface area contributed by atoms with Gasteiger partial charge in [0.05, 0.1) is 19.8 Å². The Morgan fingerprint density at radius 1 is 1.17 bits per heavy atom. The lowest BCUT2D eigenvalue weighted by molar-refractivity contribution is -0.141. The van der Waals surface area contributed by atoms with Crippen molar-refractivity contribution in [3.8, 4) is 0 Å². The number of nitrogens with one attached hydrogen (secondary N) is 1. The van der Waals surface area contributed by atoms with Gasteiger partial charge in [-0.05, 0) is 18.9 Å². The fraction of sp³-hybridized carbons (Fsp3) is 0.529. The number of carbonyl (C=O) groups is 2. The fourth-order valence-corrected chi connectivity index (χ4v) is 1.86. The number of alkyl carbamates (subject to hydrolysis) is 1. The molecule has 0 saturated heterocycles. The maximum Gasteiger partial charge on any atom is 0.407 e. The molecule has 1 aromatic carbocycles. The Kier molecular flexibility index (Phi) is 10.2. The zero-order chi connectivity index (χ0) is 17.6. The molecular weight excluding hydrogens is 314 g/mol. The third-order valence-electron chi connectivity index (χ3n) is 3.15. The third kappa shape index (κ3) is 9.12. The van der Waals surface area contributed by atoms with Gasteiger partial charge in [0.2, 0.25) is 0 Å². The van der Waals surface area contributed by atoms with Crippen LogP contribution in [0.1, 0.15) is 25.3 Å². The Bertz CT molecular complexity index is 479. The van der Waals surface area contributed by atoms with E-state index in [1.165, 1.54) is 7.11 Å². The van der Waals surface area contributed by atoms with Crippen LogP contribution in [0.5, 0.6) is 0 Å². The van der Waals surface area contributed by atoms with Crippen molar-refractivity contribution in [2.45, 2.75) is 32.4 Å². The smallest absolute Gasteiger partial charge is 0.407 e. The van der Waals surface area contributed by atoms with Crippen LogP contribution in [-0.4, -0.2) is 45.2 Å². The van der Waals surface area contributed by atoms with Gasteiger partial charge in [-0.3, -0.25) is 4.79 Å². The molecule has 1 amide bonds. The van der Waals surface area contributed by atoms with E-state index in [2.05, 4.69) is 10.1 Å². The van der Waals surface area contributed by atoms with Crippen molar-refractivity contribution in [1.29, 1.82) is 0 Å². The Morgan fingerprint density at radius 2 is 1.92 bits per heavy atom. The summed E-state index contributed by atoms with van der Waals surface area (Å²) in [5.74, 6) is -0.343. The highest BCUT2D eigenvalue weighted by molar-refractivity contribution is 5.70. The van der Waals surface area contributed by atoms with Gasteiger partial charge in [0.1, 0.15) is 13.4 Å². The van der Waals surface area contributed by atoms with E-state index in [1.807, 2.05) is 37.3 Å². The quantitative estimate of drug-likeness (QED) is 0.378. The monoisotopic (exact) mass is 339 g/mol. The highest BCUT2D eigenvalue weighted by Gasteiger charge is 2.16. The Morgan fingerprint density at radius 3 is 2.58 bits per heavy atom. The van der Waals surface area contributed by atoms with Crippen LogP contribution in [0.2, 0.25) is 0 Å². The van der Waals surface area contributed by atoms with E-state index >= 15 is 0 Å². The number of benzene rings is 1. The third-order valence-corrected chi connectivity index (χ3v) is 3.15. The fourth-order valence-electron chi connectivity index (χ4n) is 1.86. The van der Waals surface area contributed by atoms with Crippen LogP contribution in [0.25, 0.3) is 0 Å². The van der Waals surface area contributed by atoms with Gasteiger partial charge in [-0.1, -0.05) is 30.3 Å². The van der Waals surface area contributed by atoms with Crippen LogP contribution in [0.4, 0.5) is 4.79 Å². The number of ether oxygens (including phenoxy) is 4. The van der Waals surface area contributed by atoms with Crippen molar-refractivity contribution in [3.63, 3.8) is 0 Å². The van der Waals surface area contributed by atoms with Gasteiger partial charge in [-0.15, -0.1) is 0 Å². The summed E-state index contributed by atoms with van der Waals surface area (Å²) in [5.41, 5.74) is 0.895. The van der Waals surface area contributed by atoms with E-state index in [0.29, 0.717) is 13.0 Å². The van der Waals surface area contributed by atoms with Crippen LogP contribution >= 0.6 is 0 Å². The van der Waals surface area contributed by atoms with Gasteiger partial charge >= 0.3 is 12.1 Å². The minimum absolute atomic E-state index is 0.131. The molecule has 0 unspecified atom stereocenters. The molecule has 0 aliphatic carbocycles. The van der Waals surface area contributed by atoms with Crippen molar-refractivity contribution in [3.05, 3.63) is 35.9 Å². The summed E-state index contributed by atoms with van der Waals surface area (Å²) >= 11 is 0. The first-order valence-corrected chi connectivity index (χ1v) is 7.85. The Labute approximate surface area is 142 Å². The van der Waals surface area contributed by atoms with E-state index in [-0.39, 0.29) is 38.4 Å². The molecule has 0 bridgehead atoms. The summed E-state index contributed by atoms with van der Waals surface area (Å²) in [7, 11) is 1.32. The lowest BCUT2D eigenvalue weighted by atomic mass is 10.2. The second-order valence-electron chi connectivity index (χ2n) is 5.00. The van der Waals surface area contributed by atoms with Crippen LogP contribution < -0.4 is 5.32 Å². The van der Waals surface area contributed by atoms with E-state index in [9.17, 15) is 9.59 Å². The molecule has 1 aromatic rings. The zero-order valence-electron chi connectivity index (χ0n) is 14.2. The molecule has 7 heteroatoms.